The number of esters is 1. The van der Waals surface area contributed by atoms with Crippen molar-refractivity contribution in [3.8, 4) is 5.75 Å². The molecule has 7 heteroatoms. The summed E-state index contributed by atoms with van der Waals surface area (Å²) in [4.78, 5) is 14.7. The molecular formula is C28H34F3NO3. The molecule has 2 bridgehead atoms. The quantitative estimate of drug-likeness (QED) is 0.441. The van der Waals surface area contributed by atoms with Crippen LogP contribution in [0.4, 0.5) is 13.2 Å². The molecule has 35 heavy (non-hydrogen) atoms. The minimum Gasteiger partial charge on any atom is -0.490 e. The van der Waals surface area contributed by atoms with Crippen molar-refractivity contribution < 1.29 is 27.4 Å². The van der Waals surface area contributed by atoms with Crippen LogP contribution in [-0.4, -0.2) is 42.3 Å². The molecule has 4 nitrogen and oxygen atoms in total. The van der Waals surface area contributed by atoms with E-state index in [1.807, 2.05) is 18.2 Å². The van der Waals surface area contributed by atoms with E-state index in [-0.39, 0.29) is 30.8 Å². The largest absolute Gasteiger partial charge is 0.490 e. The van der Waals surface area contributed by atoms with Gasteiger partial charge in [0.05, 0.1) is 25.0 Å². The number of hydrogen-bond acceptors (Lipinski definition) is 4. The lowest BCUT2D eigenvalue weighted by Crippen LogP contribution is -2.52. The monoisotopic (exact) mass is 489 g/mol. The Morgan fingerprint density at radius 3 is 2.26 bits per heavy atom. The van der Waals surface area contributed by atoms with Crippen LogP contribution in [0.2, 0.25) is 0 Å². The molecule has 5 rings (SSSR count). The van der Waals surface area contributed by atoms with E-state index in [2.05, 4.69) is 23.1 Å². The van der Waals surface area contributed by atoms with Gasteiger partial charge in [-0.3, -0.25) is 9.69 Å². The maximum absolute atomic E-state index is 12.9. The van der Waals surface area contributed by atoms with E-state index < -0.39 is 12.1 Å². The van der Waals surface area contributed by atoms with Crippen molar-refractivity contribution in [3.05, 3.63) is 42.0 Å². The van der Waals surface area contributed by atoms with Crippen molar-refractivity contribution in [2.24, 2.45) is 11.8 Å². The number of nitrogens with zero attached hydrogens (tertiary/aromatic N) is 1. The molecule has 0 radical (unpaired) electrons. The van der Waals surface area contributed by atoms with E-state index in [9.17, 15) is 18.0 Å². The summed E-state index contributed by atoms with van der Waals surface area (Å²) in [6, 6.07) is 13.3. The van der Waals surface area contributed by atoms with Crippen molar-refractivity contribution in [3.63, 3.8) is 0 Å². The molecule has 190 valence electrons. The number of hydrogen-bond donors (Lipinski definition) is 0. The SMILES string of the molecule is COC(=O)C1CC2CCCC(C1)N2Cc1ccc2cc(O[C@H]3CC[C@@H](C(F)(F)F)CC3)ccc2c1. The highest BCUT2D eigenvalue weighted by molar-refractivity contribution is 5.84. The summed E-state index contributed by atoms with van der Waals surface area (Å²) < 4.78 is 49.8. The Morgan fingerprint density at radius 2 is 1.60 bits per heavy atom. The third-order valence-electron chi connectivity index (χ3n) is 8.34. The number of methoxy groups -OCH3 is 1. The van der Waals surface area contributed by atoms with Gasteiger partial charge in [0.2, 0.25) is 0 Å². The van der Waals surface area contributed by atoms with Crippen molar-refractivity contribution in [1.29, 1.82) is 0 Å². The van der Waals surface area contributed by atoms with E-state index in [0.29, 0.717) is 24.9 Å². The second-order valence-electron chi connectivity index (χ2n) is 10.6. The Morgan fingerprint density at radius 1 is 0.943 bits per heavy atom. The maximum Gasteiger partial charge on any atom is 0.391 e. The van der Waals surface area contributed by atoms with Crippen molar-refractivity contribution in [2.45, 2.75) is 88.7 Å². The molecule has 3 aliphatic rings. The average Bonchev–Trinajstić information content (AvgIpc) is 2.83. The van der Waals surface area contributed by atoms with Crippen LogP contribution in [0.1, 0.15) is 63.4 Å². The van der Waals surface area contributed by atoms with Crippen LogP contribution in [0.5, 0.6) is 5.75 Å². The third-order valence-corrected chi connectivity index (χ3v) is 8.34. The lowest BCUT2D eigenvalue weighted by molar-refractivity contribution is -0.185. The maximum atomic E-state index is 12.9. The number of fused-ring (bicyclic) bond motifs is 3. The van der Waals surface area contributed by atoms with Gasteiger partial charge in [-0.25, -0.2) is 0 Å². The molecule has 2 heterocycles. The lowest BCUT2D eigenvalue weighted by Gasteiger charge is -2.48. The lowest BCUT2D eigenvalue weighted by atomic mass is 9.78. The standard InChI is InChI=1S/C28H34F3NO3/c1-34-27(33)21-14-23-3-2-4-24(15-21)32(23)17-18-5-6-20-16-26(10-7-19(20)13-18)35-25-11-8-22(9-12-25)28(29,30)31/h5-7,10,13,16,21-25H,2-4,8-9,11-12,14-15,17H2,1H3/t21?,22-,23?,24?,25+. The van der Waals surface area contributed by atoms with Crippen LogP contribution in [0, 0.1) is 11.8 Å². The first-order chi connectivity index (χ1) is 16.8. The summed E-state index contributed by atoms with van der Waals surface area (Å²) in [5, 5.41) is 2.20. The summed E-state index contributed by atoms with van der Waals surface area (Å²) in [6.45, 7) is 0.875. The zero-order valence-corrected chi connectivity index (χ0v) is 20.2. The fraction of sp³-hybridized carbons (Fsp3) is 0.607. The number of ether oxygens (including phenoxy) is 2. The van der Waals surface area contributed by atoms with Crippen LogP contribution < -0.4 is 4.74 Å². The zero-order chi connectivity index (χ0) is 24.6. The number of benzene rings is 2. The number of halogens is 3. The van der Waals surface area contributed by atoms with Gasteiger partial charge < -0.3 is 9.47 Å². The molecule has 1 saturated carbocycles. The minimum absolute atomic E-state index is 0.0186. The Hall–Kier alpha value is -2.28. The molecular weight excluding hydrogens is 455 g/mol. The molecule has 0 N–H and O–H groups in total. The smallest absolute Gasteiger partial charge is 0.391 e. The first-order valence-electron chi connectivity index (χ1n) is 12.9. The molecule has 1 aliphatic carbocycles. The summed E-state index contributed by atoms with van der Waals surface area (Å²) in [7, 11) is 1.48. The summed E-state index contributed by atoms with van der Waals surface area (Å²) in [5.74, 6) is -0.521. The molecule has 2 aromatic rings. The number of carbonyl (C=O) groups excluding carboxylic acids is 1. The average molecular weight is 490 g/mol. The van der Waals surface area contributed by atoms with Crippen molar-refractivity contribution in [1.82, 2.24) is 4.90 Å². The first kappa shape index (κ1) is 24.4. The molecule has 0 amide bonds. The Kier molecular flexibility index (Phi) is 6.97. The van der Waals surface area contributed by atoms with Crippen LogP contribution >= 0.6 is 0 Å². The summed E-state index contributed by atoms with van der Waals surface area (Å²) in [5.41, 5.74) is 1.25. The Labute approximate surface area is 204 Å². The topological polar surface area (TPSA) is 38.8 Å². The number of alkyl halides is 3. The minimum atomic E-state index is -4.10. The highest BCUT2D eigenvalue weighted by Crippen LogP contribution is 2.40. The Balaban J connectivity index is 1.22. The first-order valence-corrected chi connectivity index (χ1v) is 12.9. The number of carbonyl (C=O) groups is 1. The predicted molar refractivity (Wildman–Crippen MR) is 128 cm³/mol. The molecule has 2 aliphatic heterocycles. The van der Waals surface area contributed by atoms with Crippen LogP contribution in [0.3, 0.4) is 0 Å². The predicted octanol–water partition coefficient (Wildman–Crippen LogP) is 6.65. The van der Waals surface area contributed by atoms with Gasteiger partial charge in [0.15, 0.2) is 0 Å². The Bertz CT molecular complexity index is 1030. The van der Waals surface area contributed by atoms with Crippen LogP contribution in [0.25, 0.3) is 10.8 Å². The van der Waals surface area contributed by atoms with E-state index >= 15 is 0 Å². The highest BCUT2D eigenvalue weighted by Gasteiger charge is 2.42. The van der Waals surface area contributed by atoms with Gasteiger partial charge in [-0.05, 0) is 85.9 Å². The van der Waals surface area contributed by atoms with Gasteiger partial charge in [-0.1, -0.05) is 24.6 Å². The normalized spacial score (nSPS) is 29.7. The molecule has 0 aromatic heterocycles. The van der Waals surface area contributed by atoms with E-state index in [1.54, 1.807) is 0 Å². The van der Waals surface area contributed by atoms with Crippen molar-refractivity contribution >= 4 is 16.7 Å². The second kappa shape index (κ2) is 10.00. The fourth-order valence-corrected chi connectivity index (χ4v) is 6.45. The zero-order valence-electron chi connectivity index (χ0n) is 20.2. The summed E-state index contributed by atoms with van der Waals surface area (Å²) >= 11 is 0. The number of piperidine rings is 2. The molecule has 2 aromatic carbocycles. The third kappa shape index (κ3) is 5.45. The molecule has 2 unspecified atom stereocenters. The van der Waals surface area contributed by atoms with Gasteiger partial charge in [-0.2, -0.15) is 13.2 Å². The molecule has 0 spiro atoms. The summed E-state index contributed by atoms with van der Waals surface area (Å²) in [6.07, 6.45) is 2.15. The van der Waals surface area contributed by atoms with Crippen LogP contribution in [-0.2, 0) is 16.1 Å². The fourth-order valence-electron chi connectivity index (χ4n) is 6.45. The van der Waals surface area contributed by atoms with Crippen molar-refractivity contribution in [2.75, 3.05) is 7.11 Å². The van der Waals surface area contributed by atoms with Gasteiger partial charge in [0.25, 0.3) is 0 Å². The van der Waals surface area contributed by atoms with Gasteiger partial charge in [0.1, 0.15) is 5.75 Å². The van der Waals surface area contributed by atoms with Gasteiger partial charge in [0, 0.05) is 18.6 Å². The van der Waals surface area contributed by atoms with E-state index in [4.69, 9.17) is 9.47 Å². The molecule has 2 atom stereocenters. The van der Waals surface area contributed by atoms with E-state index in [0.717, 1.165) is 48.8 Å². The number of rotatable bonds is 5. The van der Waals surface area contributed by atoms with Crippen LogP contribution in [0.15, 0.2) is 36.4 Å². The van der Waals surface area contributed by atoms with E-state index in [1.165, 1.54) is 19.1 Å². The van der Waals surface area contributed by atoms with Gasteiger partial charge in [-0.15, -0.1) is 0 Å². The molecule has 3 fully saturated rings. The molecule has 2 saturated heterocycles. The second-order valence-corrected chi connectivity index (χ2v) is 10.6. The van der Waals surface area contributed by atoms with Gasteiger partial charge >= 0.3 is 12.1 Å². The highest BCUT2D eigenvalue weighted by atomic mass is 19.4.